The molecule has 0 radical (unpaired) electrons. The number of halogens is 1. The zero-order chi connectivity index (χ0) is 13.0. The van der Waals surface area contributed by atoms with Crippen molar-refractivity contribution in [1.29, 1.82) is 0 Å². The molecule has 0 fully saturated rings. The number of amides is 1. The molecule has 1 aromatic heterocycles. The highest BCUT2D eigenvalue weighted by molar-refractivity contribution is 9.10. The predicted octanol–water partition coefficient (Wildman–Crippen LogP) is 3.19. The van der Waals surface area contributed by atoms with Gasteiger partial charge >= 0.3 is 0 Å². The van der Waals surface area contributed by atoms with E-state index in [0.29, 0.717) is 12.1 Å². The van der Waals surface area contributed by atoms with Crippen LogP contribution in [0.2, 0.25) is 0 Å². The predicted molar refractivity (Wildman–Crippen MR) is 77.0 cm³/mol. The molecule has 1 amide bonds. The zero-order valence-corrected chi connectivity index (χ0v) is 12.3. The van der Waals surface area contributed by atoms with Crippen LogP contribution >= 0.6 is 27.3 Å². The topological polar surface area (TPSA) is 42.0 Å². The number of nitrogens with zero attached hydrogens (tertiary/aromatic N) is 1. The molecule has 1 N–H and O–H groups in total. The quantitative estimate of drug-likeness (QED) is 0.938. The van der Waals surface area contributed by atoms with E-state index in [9.17, 15) is 4.79 Å². The van der Waals surface area contributed by atoms with Crippen molar-refractivity contribution in [3.63, 3.8) is 0 Å². The van der Waals surface area contributed by atoms with Gasteiger partial charge < -0.3 is 5.32 Å². The second kappa shape index (κ2) is 6.11. The summed E-state index contributed by atoms with van der Waals surface area (Å²) in [5.41, 5.74) is 1.71. The van der Waals surface area contributed by atoms with Gasteiger partial charge in [0.1, 0.15) is 0 Å². The highest BCUT2D eigenvalue weighted by Crippen LogP contribution is 2.10. The first-order valence-electron chi connectivity index (χ1n) is 5.60. The van der Waals surface area contributed by atoms with E-state index >= 15 is 0 Å². The summed E-state index contributed by atoms with van der Waals surface area (Å²) in [7, 11) is 0. The van der Waals surface area contributed by atoms with E-state index in [4.69, 9.17) is 0 Å². The third-order valence-electron chi connectivity index (χ3n) is 2.44. The Labute approximate surface area is 118 Å². The molecule has 0 unspecified atom stereocenters. The summed E-state index contributed by atoms with van der Waals surface area (Å²) >= 11 is 4.97. The van der Waals surface area contributed by atoms with Crippen molar-refractivity contribution in [2.45, 2.75) is 13.3 Å². The SMILES string of the molecule is Cc1nc(CCNC(=O)c2ccc(Br)cc2)cs1. The molecule has 5 heteroatoms. The summed E-state index contributed by atoms with van der Waals surface area (Å²) in [5, 5.41) is 5.97. The Morgan fingerprint density at radius 1 is 1.39 bits per heavy atom. The van der Waals surface area contributed by atoms with E-state index in [2.05, 4.69) is 26.2 Å². The largest absolute Gasteiger partial charge is 0.352 e. The molecule has 3 nitrogen and oxygen atoms in total. The summed E-state index contributed by atoms with van der Waals surface area (Å²) in [4.78, 5) is 16.2. The fourth-order valence-electron chi connectivity index (χ4n) is 1.53. The van der Waals surface area contributed by atoms with Crippen molar-refractivity contribution < 1.29 is 4.79 Å². The van der Waals surface area contributed by atoms with Crippen LogP contribution in [0.4, 0.5) is 0 Å². The molecule has 0 aliphatic rings. The van der Waals surface area contributed by atoms with Crippen LogP contribution in [-0.4, -0.2) is 17.4 Å². The van der Waals surface area contributed by atoms with E-state index in [1.807, 2.05) is 24.4 Å². The minimum absolute atomic E-state index is 0.0468. The molecular formula is C13H13BrN2OS. The fraction of sp³-hybridized carbons (Fsp3) is 0.231. The number of nitrogens with one attached hydrogen (secondary N) is 1. The Morgan fingerprint density at radius 3 is 2.72 bits per heavy atom. The number of carbonyl (C=O) groups excluding carboxylic acids is 1. The van der Waals surface area contributed by atoms with Crippen LogP contribution in [0.3, 0.4) is 0 Å². The van der Waals surface area contributed by atoms with Gasteiger partial charge in [-0.25, -0.2) is 4.98 Å². The molecule has 18 heavy (non-hydrogen) atoms. The maximum atomic E-state index is 11.8. The molecule has 1 aromatic carbocycles. The summed E-state index contributed by atoms with van der Waals surface area (Å²) < 4.78 is 0.969. The van der Waals surface area contributed by atoms with E-state index in [1.165, 1.54) is 0 Å². The number of carbonyl (C=O) groups is 1. The molecule has 2 rings (SSSR count). The lowest BCUT2D eigenvalue weighted by atomic mass is 10.2. The van der Waals surface area contributed by atoms with Crippen molar-refractivity contribution in [3.05, 3.63) is 50.4 Å². The average Bonchev–Trinajstić information content (AvgIpc) is 2.76. The van der Waals surface area contributed by atoms with Crippen LogP contribution in [0.25, 0.3) is 0 Å². The van der Waals surface area contributed by atoms with Gasteiger partial charge in [0.2, 0.25) is 0 Å². The lowest BCUT2D eigenvalue weighted by Crippen LogP contribution is -2.25. The summed E-state index contributed by atoms with van der Waals surface area (Å²) in [6, 6.07) is 7.32. The summed E-state index contributed by atoms with van der Waals surface area (Å²) in [6.07, 6.45) is 0.770. The van der Waals surface area contributed by atoms with Gasteiger partial charge in [0.25, 0.3) is 5.91 Å². The van der Waals surface area contributed by atoms with Crippen molar-refractivity contribution in [1.82, 2.24) is 10.3 Å². The van der Waals surface area contributed by atoms with Crippen LogP contribution in [0.5, 0.6) is 0 Å². The molecular weight excluding hydrogens is 312 g/mol. The standard InChI is InChI=1S/C13H13BrN2OS/c1-9-16-12(8-18-9)6-7-15-13(17)10-2-4-11(14)5-3-10/h2-5,8H,6-7H2,1H3,(H,15,17). The number of aromatic nitrogens is 1. The molecule has 0 atom stereocenters. The molecule has 0 bridgehead atoms. The number of hydrogen-bond acceptors (Lipinski definition) is 3. The highest BCUT2D eigenvalue weighted by Gasteiger charge is 2.05. The lowest BCUT2D eigenvalue weighted by Gasteiger charge is -2.04. The second-order valence-electron chi connectivity index (χ2n) is 3.87. The molecule has 1 heterocycles. The van der Waals surface area contributed by atoms with Crippen molar-refractivity contribution in [2.24, 2.45) is 0 Å². The first-order chi connectivity index (χ1) is 8.65. The first kappa shape index (κ1) is 13.2. The van der Waals surface area contributed by atoms with Gasteiger partial charge in [0.15, 0.2) is 0 Å². The van der Waals surface area contributed by atoms with E-state index in [-0.39, 0.29) is 5.91 Å². The maximum absolute atomic E-state index is 11.8. The Morgan fingerprint density at radius 2 is 2.11 bits per heavy atom. The Balaban J connectivity index is 1.83. The van der Waals surface area contributed by atoms with Crippen molar-refractivity contribution in [3.8, 4) is 0 Å². The second-order valence-corrected chi connectivity index (χ2v) is 5.85. The van der Waals surface area contributed by atoms with Gasteiger partial charge in [-0.15, -0.1) is 11.3 Å². The van der Waals surface area contributed by atoms with Crippen molar-refractivity contribution in [2.75, 3.05) is 6.54 Å². The number of thiazole rings is 1. The number of benzene rings is 1. The van der Waals surface area contributed by atoms with Crippen molar-refractivity contribution >= 4 is 33.2 Å². The Kier molecular flexibility index (Phi) is 4.49. The minimum Gasteiger partial charge on any atom is -0.352 e. The normalized spacial score (nSPS) is 10.3. The van der Waals surface area contributed by atoms with Gasteiger partial charge in [-0.3, -0.25) is 4.79 Å². The van der Waals surface area contributed by atoms with Crippen LogP contribution in [0.1, 0.15) is 21.1 Å². The van der Waals surface area contributed by atoms with Crippen LogP contribution in [0, 0.1) is 6.92 Å². The third-order valence-corrected chi connectivity index (χ3v) is 3.79. The smallest absolute Gasteiger partial charge is 0.251 e. The molecule has 94 valence electrons. The molecule has 0 saturated heterocycles. The summed E-state index contributed by atoms with van der Waals surface area (Å²) in [5.74, 6) is -0.0468. The molecule has 0 aliphatic carbocycles. The molecule has 0 saturated carbocycles. The van der Waals surface area contributed by atoms with E-state index < -0.39 is 0 Å². The van der Waals surface area contributed by atoms with E-state index in [0.717, 1.165) is 21.6 Å². The Bertz CT molecular complexity index is 536. The van der Waals surface area contributed by atoms with Crippen LogP contribution in [0.15, 0.2) is 34.1 Å². The molecule has 0 spiro atoms. The van der Waals surface area contributed by atoms with Gasteiger partial charge in [0, 0.05) is 28.4 Å². The number of aryl methyl sites for hydroxylation is 1. The highest BCUT2D eigenvalue weighted by atomic mass is 79.9. The fourth-order valence-corrected chi connectivity index (χ4v) is 2.44. The maximum Gasteiger partial charge on any atom is 0.251 e. The first-order valence-corrected chi connectivity index (χ1v) is 7.27. The van der Waals surface area contributed by atoms with E-state index in [1.54, 1.807) is 23.5 Å². The van der Waals surface area contributed by atoms with Gasteiger partial charge in [0.05, 0.1) is 10.7 Å². The van der Waals surface area contributed by atoms with Crippen LogP contribution < -0.4 is 5.32 Å². The Hall–Kier alpha value is -1.20. The molecule has 2 aromatic rings. The van der Waals surface area contributed by atoms with Gasteiger partial charge in [-0.05, 0) is 31.2 Å². The minimum atomic E-state index is -0.0468. The number of rotatable bonds is 4. The number of hydrogen-bond donors (Lipinski definition) is 1. The average molecular weight is 325 g/mol. The molecule has 0 aliphatic heterocycles. The lowest BCUT2D eigenvalue weighted by molar-refractivity contribution is 0.0954. The van der Waals surface area contributed by atoms with Gasteiger partial charge in [-0.2, -0.15) is 0 Å². The zero-order valence-electron chi connectivity index (χ0n) is 9.94. The van der Waals surface area contributed by atoms with Gasteiger partial charge in [-0.1, -0.05) is 15.9 Å². The third kappa shape index (κ3) is 3.65. The summed E-state index contributed by atoms with van der Waals surface area (Å²) in [6.45, 7) is 2.59. The van der Waals surface area contributed by atoms with Crippen LogP contribution in [-0.2, 0) is 6.42 Å². The monoisotopic (exact) mass is 324 g/mol.